The molecule has 32 heavy (non-hydrogen) atoms. The Morgan fingerprint density at radius 2 is 2.03 bits per heavy atom. The molecule has 3 aliphatic rings. The number of esters is 1. The van der Waals surface area contributed by atoms with Gasteiger partial charge in [-0.15, -0.1) is 10.2 Å². The van der Waals surface area contributed by atoms with Crippen molar-refractivity contribution < 1.29 is 14.3 Å². The van der Waals surface area contributed by atoms with Crippen LogP contribution in [0, 0.1) is 5.41 Å². The van der Waals surface area contributed by atoms with Crippen LogP contribution in [-0.2, 0) is 20.9 Å². The number of likely N-dealkylation sites (tertiary alicyclic amines) is 1. The van der Waals surface area contributed by atoms with Gasteiger partial charge in [0.05, 0.1) is 22.4 Å². The highest BCUT2D eigenvalue weighted by molar-refractivity contribution is 5.94. The molecule has 0 aromatic carbocycles. The van der Waals surface area contributed by atoms with Gasteiger partial charge in [-0.25, -0.2) is 4.79 Å². The predicted molar refractivity (Wildman–Crippen MR) is 111 cm³/mol. The summed E-state index contributed by atoms with van der Waals surface area (Å²) in [5.41, 5.74) is 1.81. The third-order valence-electron chi connectivity index (χ3n) is 6.97. The zero-order chi connectivity index (χ0) is 22.3. The van der Waals surface area contributed by atoms with Crippen LogP contribution in [0.4, 0.5) is 0 Å². The van der Waals surface area contributed by atoms with E-state index in [1.54, 1.807) is 6.92 Å². The van der Waals surface area contributed by atoms with Gasteiger partial charge in [-0.1, -0.05) is 0 Å². The number of hydrogen-bond donors (Lipinski definition) is 1. The van der Waals surface area contributed by atoms with Crippen molar-refractivity contribution in [3.63, 3.8) is 0 Å². The van der Waals surface area contributed by atoms with Gasteiger partial charge >= 0.3 is 5.97 Å². The molecule has 0 radical (unpaired) electrons. The zero-order valence-electron chi connectivity index (χ0n) is 18.2. The molecule has 1 saturated carbocycles. The Balaban J connectivity index is 1.17. The second-order valence-electron chi connectivity index (χ2n) is 8.95. The molecule has 168 valence electrons. The fourth-order valence-electron chi connectivity index (χ4n) is 5.18. The average molecular weight is 438 g/mol. The first-order valence-corrected chi connectivity index (χ1v) is 11.0. The van der Waals surface area contributed by atoms with Gasteiger partial charge in [-0.3, -0.25) is 4.79 Å². The molecular formula is C21H26N8O3. The fraction of sp³-hybridized carbons (Fsp3) is 0.571. The molecule has 1 N–H and O–H groups in total. The third-order valence-corrected chi connectivity index (χ3v) is 6.97. The molecule has 1 aliphatic carbocycles. The predicted octanol–water partition coefficient (Wildman–Crippen LogP) is 0.922. The Hall–Kier alpha value is -3.21. The fourth-order valence-corrected chi connectivity index (χ4v) is 5.18. The maximum atomic E-state index is 13.4. The van der Waals surface area contributed by atoms with E-state index in [4.69, 9.17) is 4.74 Å². The van der Waals surface area contributed by atoms with Crippen LogP contribution in [0.5, 0.6) is 0 Å². The van der Waals surface area contributed by atoms with Crippen LogP contribution < -0.4 is 5.32 Å². The number of hydrogen-bond acceptors (Lipinski definition) is 9. The van der Waals surface area contributed by atoms with Gasteiger partial charge in [0, 0.05) is 18.6 Å². The average Bonchev–Trinajstić information content (AvgIpc) is 3.50. The number of aromatic nitrogens is 6. The van der Waals surface area contributed by atoms with E-state index in [1.807, 2.05) is 17.0 Å². The molecule has 11 heteroatoms. The molecule has 2 aliphatic heterocycles. The third kappa shape index (κ3) is 3.56. The second-order valence-corrected chi connectivity index (χ2v) is 8.95. The molecule has 1 atom stereocenters. The smallest absolute Gasteiger partial charge is 0.336 e. The number of cyclic esters (lactones) is 1. The highest BCUT2D eigenvalue weighted by atomic mass is 16.5. The maximum Gasteiger partial charge on any atom is 0.336 e. The number of rotatable bonds is 5. The summed E-state index contributed by atoms with van der Waals surface area (Å²) >= 11 is 0. The lowest BCUT2D eigenvalue weighted by Gasteiger charge is -2.36. The molecule has 2 fully saturated rings. The molecule has 0 bridgehead atoms. The highest BCUT2D eigenvalue weighted by Gasteiger charge is 2.53. The lowest BCUT2D eigenvalue weighted by molar-refractivity contribution is -0.138. The minimum atomic E-state index is -0.330. The standard InChI is InChI=1S/C21H26N8O3/c1-13-9-21(20(31)29(13)17-11-32-19(30)14(17)2)7-5-15(6-8-21)22-10-16-3-4-18(25-24-16)28-12-23-26-27-28/h3-4,12-13,15,22H,5-11H2,1-2H3/t13-,15?,21?/m1/s1. The van der Waals surface area contributed by atoms with Crippen molar-refractivity contribution in [1.82, 2.24) is 40.6 Å². The van der Waals surface area contributed by atoms with E-state index < -0.39 is 0 Å². The summed E-state index contributed by atoms with van der Waals surface area (Å²) in [6.07, 6.45) is 5.84. The number of carbonyl (C=O) groups is 2. The Morgan fingerprint density at radius 3 is 2.66 bits per heavy atom. The number of tetrazole rings is 1. The first kappa shape index (κ1) is 20.7. The lowest BCUT2D eigenvalue weighted by atomic mass is 9.70. The van der Waals surface area contributed by atoms with E-state index in [0.29, 0.717) is 24.0 Å². The molecule has 1 saturated heterocycles. The minimum absolute atomic E-state index is 0.0837. The van der Waals surface area contributed by atoms with Crippen molar-refractivity contribution in [3.05, 3.63) is 35.4 Å². The molecule has 1 spiro atoms. The molecule has 2 aromatic heterocycles. The minimum Gasteiger partial charge on any atom is -0.456 e. The summed E-state index contributed by atoms with van der Waals surface area (Å²) in [6, 6.07) is 4.15. The zero-order valence-corrected chi connectivity index (χ0v) is 18.2. The maximum absolute atomic E-state index is 13.4. The molecular weight excluding hydrogens is 412 g/mol. The SMILES string of the molecule is CC1=C(N2C(=O)C3(CCC(NCc4ccc(-n5cnnn5)nn4)CC3)C[C@H]2C)COC1=O. The summed E-state index contributed by atoms with van der Waals surface area (Å²) in [4.78, 5) is 27.0. The Morgan fingerprint density at radius 1 is 1.22 bits per heavy atom. The highest BCUT2D eigenvalue weighted by Crippen LogP contribution is 2.49. The quantitative estimate of drug-likeness (QED) is 0.678. The van der Waals surface area contributed by atoms with Crippen molar-refractivity contribution >= 4 is 11.9 Å². The lowest BCUT2D eigenvalue weighted by Crippen LogP contribution is -2.42. The van der Waals surface area contributed by atoms with Gasteiger partial charge in [0.15, 0.2) is 5.82 Å². The number of carbonyl (C=O) groups excluding carboxylic acids is 2. The van der Waals surface area contributed by atoms with E-state index in [0.717, 1.165) is 43.5 Å². The van der Waals surface area contributed by atoms with Gasteiger partial charge in [0.1, 0.15) is 12.9 Å². The summed E-state index contributed by atoms with van der Waals surface area (Å²) in [6.45, 7) is 4.63. The first-order valence-electron chi connectivity index (χ1n) is 11.0. The van der Waals surface area contributed by atoms with Crippen LogP contribution in [0.2, 0.25) is 0 Å². The van der Waals surface area contributed by atoms with E-state index in [9.17, 15) is 9.59 Å². The van der Waals surface area contributed by atoms with Crippen molar-refractivity contribution in [2.45, 2.75) is 64.6 Å². The van der Waals surface area contributed by atoms with Crippen molar-refractivity contribution in [2.24, 2.45) is 5.41 Å². The van der Waals surface area contributed by atoms with E-state index in [2.05, 4.69) is 38.0 Å². The second kappa shape index (κ2) is 8.05. The van der Waals surface area contributed by atoms with Gasteiger partial charge in [-0.05, 0) is 68.5 Å². The largest absolute Gasteiger partial charge is 0.456 e. The normalized spacial score (nSPS) is 28.1. The van der Waals surface area contributed by atoms with Crippen molar-refractivity contribution in [3.8, 4) is 5.82 Å². The van der Waals surface area contributed by atoms with Crippen molar-refractivity contribution in [2.75, 3.05) is 6.61 Å². The van der Waals surface area contributed by atoms with Crippen LogP contribution in [0.1, 0.15) is 51.6 Å². The van der Waals surface area contributed by atoms with Gasteiger partial charge < -0.3 is 15.0 Å². The van der Waals surface area contributed by atoms with Crippen LogP contribution in [-0.4, -0.2) is 65.9 Å². The number of ether oxygens (including phenoxy) is 1. The number of amides is 1. The molecule has 4 heterocycles. The monoisotopic (exact) mass is 438 g/mol. The van der Waals surface area contributed by atoms with Gasteiger partial charge in [0.2, 0.25) is 5.91 Å². The molecule has 0 unspecified atom stereocenters. The van der Waals surface area contributed by atoms with Gasteiger partial charge in [-0.2, -0.15) is 9.78 Å². The molecule has 1 amide bonds. The van der Waals surface area contributed by atoms with Gasteiger partial charge in [0.25, 0.3) is 0 Å². The van der Waals surface area contributed by atoms with E-state index in [1.165, 1.54) is 11.0 Å². The topological polar surface area (TPSA) is 128 Å². The number of nitrogens with zero attached hydrogens (tertiary/aromatic N) is 7. The van der Waals surface area contributed by atoms with E-state index in [-0.39, 0.29) is 29.9 Å². The Kier molecular flexibility index (Phi) is 5.20. The Bertz CT molecular complexity index is 1040. The summed E-state index contributed by atoms with van der Waals surface area (Å²) < 4.78 is 6.60. The number of nitrogens with one attached hydrogen (secondary N) is 1. The summed E-state index contributed by atoms with van der Waals surface area (Å²) in [7, 11) is 0. The molecule has 11 nitrogen and oxygen atoms in total. The molecule has 5 rings (SSSR count). The summed E-state index contributed by atoms with van der Waals surface area (Å²) in [5.74, 6) is 0.402. The summed E-state index contributed by atoms with van der Waals surface area (Å²) in [5, 5.41) is 22.9. The van der Waals surface area contributed by atoms with Crippen molar-refractivity contribution in [1.29, 1.82) is 0 Å². The van der Waals surface area contributed by atoms with Crippen LogP contribution in [0.15, 0.2) is 29.7 Å². The van der Waals surface area contributed by atoms with Crippen LogP contribution in [0.25, 0.3) is 5.82 Å². The Labute approximate surface area is 185 Å². The van der Waals surface area contributed by atoms with Crippen LogP contribution in [0.3, 0.4) is 0 Å². The molecule has 2 aromatic rings. The van der Waals surface area contributed by atoms with Crippen LogP contribution >= 0.6 is 0 Å². The first-order chi connectivity index (χ1) is 15.5. The van der Waals surface area contributed by atoms with E-state index >= 15 is 0 Å².